The zero-order valence-corrected chi connectivity index (χ0v) is 32.3. The van der Waals surface area contributed by atoms with Crippen LogP contribution in [0.5, 0.6) is 0 Å². The summed E-state index contributed by atoms with van der Waals surface area (Å²) in [5.41, 5.74) is -25.8. The van der Waals surface area contributed by atoms with Crippen molar-refractivity contribution in [2.24, 2.45) is 0 Å². The van der Waals surface area contributed by atoms with E-state index in [9.17, 15) is 126 Å². The first kappa shape index (κ1) is 60.8. The Hall–Kier alpha value is -4.25. The van der Waals surface area contributed by atoms with Crippen LogP contribution in [0.25, 0.3) is 0 Å². The third-order valence-electron chi connectivity index (χ3n) is 7.91. The van der Waals surface area contributed by atoms with E-state index in [1.165, 1.54) is 24.3 Å². The number of rotatable bonds is 4. The Bertz CT molecular complexity index is 1660. The van der Waals surface area contributed by atoms with Gasteiger partial charge in [0.15, 0.2) is 0 Å². The molecule has 0 aromatic heterocycles. The van der Waals surface area contributed by atoms with E-state index in [2.05, 4.69) is 0 Å². The van der Waals surface area contributed by atoms with Gasteiger partial charge in [0.1, 0.15) is 22.4 Å². The molecule has 0 radical (unpaired) electrons. The van der Waals surface area contributed by atoms with Crippen LogP contribution < -0.4 is 20.4 Å². The molecular formula is C36H20F24O4Ti. The van der Waals surface area contributed by atoms with Crippen LogP contribution in [0.4, 0.5) is 105 Å². The molecule has 0 amide bonds. The molecular weight excluding hydrogens is 1000 g/mol. The molecule has 0 aliphatic carbocycles. The van der Waals surface area contributed by atoms with Crippen LogP contribution in [0.1, 0.15) is 22.3 Å². The summed E-state index contributed by atoms with van der Waals surface area (Å²) in [5, 5.41) is 44.4. The maximum Gasteiger partial charge on any atom is 4.00 e. The van der Waals surface area contributed by atoms with Crippen LogP contribution in [0.3, 0.4) is 0 Å². The van der Waals surface area contributed by atoms with E-state index < -0.39 is 94.1 Å². The van der Waals surface area contributed by atoms with E-state index in [1.807, 2.05) is 0 Å². The van der Waals surface area contributed by atoms with Gasteiger partial charge in [0.25, 0.3) is 0 Å². The average molecular weight is 1020 g/mol. The van der Waals surface area contributed by atoms with E-state index in [0.717, 1.165) is 48.5 Å². The molecule has 4 aromatic rings. The second-order valence-electron chi connectivity index (χ2n) is 12.2. The Kier molecular flexibility index (Phi) is 19.4. The molecule has 0 unspecified atom stereocenters. The fourth-order valence-electron chi connectivity index (χ4n) is 4.64. The Morgan fingerprint density at radius 3 is 0.369 bits per heavy atom. The van der Waals surface area contributed by atoms with Gasteiger partial charge in [-0.3, -0.25) is 0 Å². The second-order valence-corrected chi connectivity index (χ2v) is 12.2. The quantitative estimate of drug-likeness (QED) is 0.151. The van der Waals surface area contributed by atoms with Crippen molar-refractivity contribution in [2.75, 3.05) is 0 Å². The molecule has 0 saturated heterocycles. The molecule has 0 N–H and O–H groups in total. The summed E-state index contributed by atoms with van der Waals surface area (Å²) in [6.07, 6.45) is -47.5. The second kappa shape index (κ2) is 20.7. The standard InChI is InChI=1S/4C9H5F6O.Ti/c4*10-8(11,12)7(16,9(13,14)15)6-4-2-1-3-5-6;/h4*1-5H;/q4*-1;+4. The van der Waals surface area contributed by atoms with Gasteiger partial charge in [0.05, 0.1) is 0 Å². The maximum atomic E-state index is 12.3. The topological polar surface area (TPSA) is 92.2 Å². The van der Waals surface area contributed by atoms with E-state index in [1.54, 1.807) is 0 Å². The molecule has 0 saturated carbocycles. The summed E-state index contributed by atoms with van der Waals surface area (Å²) in [6.45, 7) is 0. The summed E-state index contributed by atoms with van der Waals surface area (Å²) in [5.74, 6) is 0. The van der Waals surface area contributed by atoms with Gasteiger partial charge < -0.3 is 20.4 Å². The summed E-state index contributed by atoms with van der Waals surface area (Å²) in [4.78, 5) is 0. The minimum absolute atomic E-state index is 0. The van der Waals surface area contributed by atoms with Crippen LogP contribution >= 0.6 is 0 Å². The van der Waals surface area contributed by atoms with Crippen molar-refractivity contribution < 1.29 is 148 Å². The van der Waals surface area contributed by atoms with Crippen LogP contribution in [0.15, 0.2) is 121 Å². The van der Waals surface area contributed by atoms with Gasteiger partial charge in [-0.05, 0) is 22.3 Å². The van der Waals surface area contributed by atoms with E-state index in [-0.39, 0.29) is 21.7 Å². The Morgan fingerprint density at radius 2 is 0.292 bits per heavy atom. The Morgan fingerprint density at radius 1 is 0.200 bits per heavy atom. The Balaban J connectivity index is 0.000000836. The monoisotopic (exact) mass is 1020 g/mol. The molecule has 0 aliphatic heterocycles. The van der Waals surface area contributed by atoms with Crippen molar-refractivity contribution in [3.8, 4) is 0 Å². The van der Waals surface area contributed by atoms with Gasteiger partial charge >= 0.3 is 71.1 Å². The fourth-order valence-corrected chi connectivity index (χ4v) is 4.64. The summed E-state index contributed by atoms with van der Waals surface area (Å²) >= 11 is 0. The van der Waals surface area contributed by atoms with Crippen LogP contribution in [0, 0.1) is 0 Å². The van der Waals surface area contributed by atoms with Gasteiger partial charge in [-0.2, -0.15) is 105 Å². The van der Waals surface area contributed by atoms with Crippen molar-refractivity contribution in [3.63, 3.8) is 0 Å². The van der Waals surface area contributed by atoms with Crippen LogP contribution in [-0.4, -0.2) is 49.4 Å². The van der Waals surface area contributed by atoms with Crippen LogP contribution in [-0.2, 0) is 44.1 Å². The largest absolute Gasteiger partial charge is 4.00 e. The molecule has 0 atom stereocenters. The molecule has 4 nitrogen and oxygen atoms in total. The number of hydrogen-bond acceptors (Lipinski definition) is 4. The van der Waals surface area contributed by atoms with Crippen molar-refractivity contribution in [3.05, 3.63) is 144 Å². The molecule has 0 fully saturated rings. The third kappa shape index (κ3) is 13.0. The molecule has 4 aromatic carbocycles. The SMILES string of the molecule is [O-]C(c1ccccc1)(C(F)(F)F)C(F)(F)F.[O-]C(c1ccccc1)(C(F)(F)F)C(F)(F)F.[O-]C(c1ccccc1)(C(F)(F)F)C(F)(F)F.[O-]C(c1ccccc1)(C(F)(F)F)C(F)(F)F.[Ti+4]. The minimum atomic E-state index is -5.94. The summed E-state index contributed by atoms with van der Waals surface area (Å²) in [7, 11) is 0. The van der Waals surface area contributed by atoms with Gasteiger partial charge in [0.2, 0.25) is 0 Å². The summed E-state index contributed by atoms with van der Waals surface area (Å²) in [6, 6.07) is 16.5. The molecule has 4 rings (SSSR count). The average Bonchev–Trinajstić information content (AvgIpc) is 3.15. The van der Waals surface area contributed by atoms with Crippen molar-refractivity contribution >= 4 is 0 Å². The van der Waals surface area contributed by atoms with Gasteiger partial charge in [-0.15, -0.1) is 0 Å². The van der Waals surface area contributed by atoms with E-state index >= 15 is 0 Å². The zero-order chi connectivity index (χ0) is 50.5. The molecule has 0 bridgehead atoms. The fraction of sp³-hybridized carbons (Fsp3) is 0.333. The van der Waals surface area contributed by atoms with Crippen molar-refractivity contribution in [1.29, 1.82) is 0 Å². The maximum absolute atomic E-state index is 12.3. The molecule has 0 heterocycles. The number of halogens is 24. The summed E-state index contributed by atoms with van der Waals surface area (Å²) < 4.78 is 294. The molecule has 29 heteroatoms. The molecule has 0 aliphatic rings. The smallest absolute Gasteiger partial charge is 0.833 e. The Labute approximate surface area is 362 Å². The van der Waals surface area contributed by atoms with Gasteiger partial charge in [-0.25, -0.2) is 0 Å². The van der Waals surface area contributed by atoms with Crippen molar-refractivity contribution in [1.82, 2.24) is 0 Å². The number of alkyl halides is 24. The first-order valence-electron chi connectivity index (χ1n) is 16.0. The van der Waals surface area contributed by atoms with Crippen molar-refractivity contribution in [2.45, 2.75) is 71.8 Å². The minimum Gasteiger partial charge on any atom is -0.833 e. The molecule has 65 heavy (non-hydrogen) atoms. The van der Waals surface area contributed by atoms with Crippen LogP contribution in [0.2, 0.25) is 0 Å². The molecule has 360 valence electrons. The van der Waals surface area contributed by atoms with Gasteiger partial charge in [-0.1, -0.05) is 121 Å². The van der Waals surface area contributed by atoms with E-state index in [0.29, 0.717) is 48.5 Å². The number of benzene rings is 4. The molecule has 0 spiro atoms. The number of hydrogen-bond donors (Lipinski definition) is 0. The normalized spacial score (nSPS) is 13.7. The van der Waals surface area contributed by atoms with Gasteiger partial charge in [0, 0.05) is 0 Å². The van der Waals surface area contributed by atoms with E-state index in [4.69, 9.17) is 0 Å². The zero-order valence-electron chi connectivity index (χ0n) is 30.8. The third-order valence-corrected chi connectivity index (χ3v) is 7.91. The first-order valence-corrected chi connectivity index (χ1v) is 16.0. The predicted octanol–water partition coefficient (Wildman–Crippen LogP) is 9.46. The predicted molar refractivity (Wildman–Crippen MR) is 161 cm³/mol. The first-order chi connectivity index (χ1) is 28.4.